The van der Waals surface area contributed by atoms with Gasteiger partial charge < -0.3 is 9.30 Å². The van der Waals surface area contributed by atoms with Crippen molar-refractivity contribution in [2.45, 2.75) is 12.6 Å². The highest BCUT2D eigenvalue weighted by atomic mass is 32.1. The molecule has 1 atom stereocenters. The second kappa shape index (κ2) is 5.87. The van der Waals surface area contributed by atoms with Crippen LogP contribution < -0.4 is 5.56 Å². The monoisotopic (exact) mass is 291 g/mol. The molecule has 0 bridgehead atoms. The van der Waals surface area contributed by atoms with Crippen molar-refractivity contribution >= 4 is 11.3 Å². The summed E-state index contributed by atoms with van der Waals surface area (Å²) in [6.45, 7) is 3.19. The van der Waals surface area contributed by atoms with Gasteiger partial charge in [-0.2, -0.15) is 0 Å². The molecule has 0 N–H and O–H groups in total. The minimum absolute atomic E-state index is 0.0345. The van der Waals surface area contributed by atoms with Gasteiger partial charge in [0.2, 0.25) is 0 Å². The molecule has 0 unspecified atom stereocenters. The minimum atomic E-state index is 0.0345. The molecule has 2 aromatic rings. The molecule has 5 nitrogen and oxygen atoms in total. The average Bonchev–Trinajstić information content (AvgIpc) is 2.97. The molecule has 0 aliphatic carbocycles. The van der Waals surface area contributed by atoms with Crippen LogP contribution in [0.15, 0.2) is 34.7 Å². The number of hydrogen-bond donors (Lipinski definition) is 0. The SMILES string of the molecule is Cn1ccc(CN2CCO[C@@H](c3nccs3)C2)cc1=O. The summed E-state index contributed by atoms with van der Waals surface area (Å²) in [5, 5.41) is 3.00. The van der Waals surface area contributed by atoms with Crippen molar-refractivity contribution in [2.24, 2.45) is 7.05 Å². The van der Waals surface area contributed by atoms with E-state index >= 15 is 0 Å². The van der Waals surface area contributed by atoms with Gasteiger partial charge in [-0.25, -0.2) is 4.98 Å². The van der Waals surface area contributed by atoms with Crippen LogP contribution in [-0.2, 0) is 18.3 Å². The highest BCUT2D eigenvalue weighted by molar-refractivity contribution is 7.09. The van der Waals surface area contributed by atoms with Crippen molar-refractivity contribution in [1.82, 2.24) is 14.5 Å². The molecule has 2 aromatic heterocycles. The van der Waals surface area contributed by atoms with E-state index in [1.54, 1.807) is 29.0 Å². The summed E-state index contributed by atoms with van der Waals surface area (Å²) in [4.78, 5) is 18.3. The van der Waals surface area contributed by atoms with Gasteiger partial charge in [0, 0.05) is 50.5 Å². The maximum atomic E-state index is 11.6. The lowest BCUT2D eigenvalue weighted by atomic mass is 10.2. The summed E-state index contributed by atoms with van der Waals surface area (Å²) in [5.74, 6) is 0. The van der Waals surface area contributed by atoms with Crippen molar-refractivity contribution in [3.63, 3.8) is 0 Å². The molecule has 1 saturated heterocycles. The molecular formula is C14H17N3O2S. The van der Waals surface area contributed by atoms with Gasteiger partial charge in [0.15, 0.2) is 0 Å². The quantitative estimate of drug-likeness (QED) is 0.858. The van der Waals surface area contributed by atoms with Crippen LogP contribution in [0.3, 0.4) is 0 Å². The fourth-order valence-corrected chi connectivity index (χ4v) is 3.01. The molecule has 0 spiro atoms. The third-order valence-electron chi connectivity index (χ3n) is 3.45. The number of ether oxygens (including phenoxy) is 1. The first-order valence-electron chi connectivity index (χ1n) is 6.61. The van der Waals surface area contributed by atoms with Crippen molar-refractivity contribution in [2.75, 3.05) is 19.7 Å². The van der Waals surface area contributed by atoms with E-state index in [1.165, 1.54) is 0 Å². The number of aryl methyl sites for hydroxylation is 1. The van der Waals surface area contributed by atoms with Crippen molar-refractivity contribution in [1.29, 1.82) is 0 Å². The molecule has 1 aliphatic rings. The highest BCUT2D eigenvalue weighted by Gasteiger charge is 2.23. The van der Waals surface area contributed by atoms with Crippen LogP contribution >= 0.6 is 11.3 Å². The molecule has 0 amide bonds. The summed E-state index contributed by atoms with van der Waals surface area (Å²) in [7, 11) is 1.76. The van der Waals surface area contributed by atoms with Crippen LogP contribution in [0.5, 0.6) is 0 Å². The Morgan fingerprint density at radius 2 is 2.45 bits per heavy atom. The Morgan fingerprint density at radius 3 is 3.20 bits per heavy atom. The fourth-order valence-electron chi connectivity index (χ4n) is 2.34. The average molecular weight is 291 g/mol. The predicted molar refractivity (Wildman–Crippen MR) is 77.8 cm³/mol. The first-order chi connectivity index (χ1) is 9.72. The lowest BCUT2D eigenvalue weighted by Crippen LogP contribution is -2.38. The molecule has 0 saturated carbocycles. The molecule has 1 fully saturated rings. The van der Waals surface area contributed by atoms with Crippen molar-refractivity contribution < 1.29 is 4.74 Å². The first kappa shape index (κ1) is 13.5. The van der Waals surface area contributed by atoms with Crippen LogP contribution in [0.2, 0.25) is 0 Å². The predicted octanol–water partition coefficient (Wildman–Crippen LogP) is 1.42. The van der Waals surface area contributed by atoms with Gasteiger partial charge in [-0.15, -0.1) is 11.3 Å². The smallest absolute Gasteiger partial charge is 0.250 e. The number of aromatic nitrogens is 2. The molecule has 106 valence electrons. The fraction of sp³-hybridized carbons (Fsp3) is 0.429. The van der Waals surface area contributed by atoms with Gasteiger partial charge >= 0.3 is 0 Å². The second-order valence-corrected chi connectivity index (χ2v) is 5.88. The number of rotatable bonds is 3. The zero-order valence-electron chi connectivity index (χ0n) is 11.4. The Hall–Kier alpha value is -1.50. The molecule has 3 heterocycles. The Bertz CT molecular complexity index is 624. The van der Waals surface area contributed by atoms with Gasteiger partial charge in [-0.3, -0.25) is 9.69 Å². The summed E-state index contributed by atoms with van der Waals surface area (Å²) >= 11 is 1.63. The zero-order chi connectivity index (χ0) is 13.9. The summed E-state index contributed by atoms with van der Waals surface area (Å²) in [5.41, 5.74) is 1.08. The standard InChI is InChI=1S/C14H17N3O2S/c1-16-4-2-11(8-13(16)18)9-17-5-6-19-12(10-17)14-15-3-7-20-14/h2-4,7-8,12H,5-6,9-10H2,1H3/t12-/m1/s1. The van der Waals surface area contributed by atoms with Crippen LogP contribution in [0.25, 0.3) is 0 Å². The van der Waals surface area contributed by atoms with E-state index < -0.39 is 0 Å². The third kappa shape index (κ3) is 2.98. The molecule has 1 aliphatic heterocycles. The van der Waals surface area contributed by atoms with Gasteiger partial charge in [0.25, 0.3) is 5.56 Å². The maximum absolute atomic E-state index is 11.6. The Balaban J connectivity index is 1.68. The molecular weight excluding hydrogens is 274 g/mol. The van der Waals surface area contributed by atoms with Gasteiger partial charge in [-0.05, 0) is 11.6 Å². The summed E-state index contributed by atoms with van der Waals surface area (Å²) in [6, 6.07) is 3.70. The van der Waals surface area contributed by atoms with E-state index in [2.05, 4.69) is 9.88 Å². The number of morpholine rings is 1. The van der Waals surface area contributed by atoms with E-state index in [1.807, 2.05) is 23.8 Å². The topological polar surface area (TPSA) is 47.4 Å². The minimum Gasteiger partial charge on any atom is -0.368 e. The maximum Gasteiger partial charge on any atom is 0.250 e. The number of nitrogens with zero attached hydrogens (tertiary/aromatic N) is 3. The van der Waals surface area contributed by atoms with Crippen molar-refractivity contribution in [3.8, 4) is 0 Å². The molecule has 6 heteroatoms. The summed E-state index contributed by atoms with van der Waals surface area (Å²) in [6.07, 6.45) is 3.68. The summed E-state index contributed by atoms with van der Waals surface area (Å²) < 4.78 is 7.36. The second-order valence-electron chi connectivity index (χ2n) is 4.95. The lowest BCUT2D eigenvalue weighted by Gasteiger charge is -2.31. The third-order valence-corrected chi connectivity index (χ3v) is 4.32. The van der Waals surface area contributed by atoms with Crippen molar-refractivity contribution in [3.05, 3.63) is 50.8 Å². The van der Waals surface area contributed by atoms with E-state index in [-0.39, 0.29) is 11.7 Å². The number of thiazole rings is 1. The highest BCUT2D eigenvalue weighted by Crippen LogP contribution is 2.24. The van der Waals surface area contributed by atoms with Gasteiger partial charge in [0.1, 0.15) is 11.1 Å². The van der Waals surface area contributed by atoms with Crippen LogP contribution in [-0.4, -0.2) is 34.1 Å². The Morgan fingerprint density at radius 1 is 1.55 bits per heavy atom. The van der Waals surface area contributed by atoms with E-state index in [0.29, 0.717) is 6.61 Å². The number of pyridine rings is 1. The lowest BCUT2D eigenvalue weighted by molar-refractivity contribution is -0.0330. The first-order valence-corrected chi connectivity index (χ1v) is 7.49. The Labute approximate surface area is 121 Å². The van der Waals surface area contributed by atoms with Gasteiger partial charge in [0.05, 0.1) is 6.61 Å². The molecule has 3 rings (SSSR count). The largest absolute Gasteiger partial charge is 0.368 e. The zero-order valence-corrected chi connectivity index (χ0v) is 12.2. The Kier molecular flexibility index (Phi) is 3.95. The number of hydrogen-bond acceptors (Lipinski definition) is 5. The van der Waals surface area contributed by atoms with Crippen LogP contribution in [0.1, 0.15) is 16.7 Å². The molecule has 0 radical (unpaired) electrons. The van der Waals surface area contributed by atoms with E-state index in [9.17, 15) is 4.79 Å². The normalized spacial score (nSPS) is 20.1. The molecule has 20 heavy (non-hydrogen) atoms. The van der Waals surface area contributed by atoms with E-state index in [4.69, 9.17) is 4.74 Å². The van der Waals surface area contributed by atoms with Gasteiger partial charge in [-0.1, -0.05) is 0 Å². The van der Waals surface area contributed by atoms with E-state index in [0.717, 1.165) is 30.2 Å². The van der Waals surface area contributed by atoms with Crippen LogP contribution in [0, 0.1) is 0 Å². The molecule has 0 aromatic carbocycles. The van der Waals surface area contributed by atoms with Crippen LogP contribution in [0.4, 0.5) is 0 Å².